The van der Waals surface area contributed by atoms with Crippen LogP contribution < -0.4 is 4.90 Å². The van der Waals surface area contributed by atoms with E-state index in [9.17, 15) is 9.90 Å². The molecule has 0 aliphatic carbocycles. The van der Waals surface area contributed by atoms with Gasteiger partial charge in [0.15, 0.2) is 0 Å². The maximum absolute atomic E-state index is 12.0. The van der Waals surface area contributed by atoms with Gasteiger partial charge in [0.25, 0.3) is 0 Å². The van der Waals surface area contributed by atoms with Crippen LogP contribution in [0.25, 0.3) is 0 Å². The van der Waals surface area contributed by atoms with Crippen LogP contribution in [0.5, 0.6) is 0 Å². The molecule has 1 unspecified atom stereocenters. The first kappa shape index (κ1) is 10.6. The molecule has 4 heteroatoms. The summed E-state index contributed by atoms with van der Waals surface area (Å²) < 4.78 is 0.920. The van der Waals surface area contributed by atoms with E-state index in [-0.39, 0.29) is 12.5 Å². The molecule has 1 N–H and O–H groups in total. The molecule has 1 heterocycles. The lowest BCUT2D eigenvalue weighted by molar-refractivity contribution is -0.123. The highest BCUT2D eigenvalue weighted by molar-refractivity contribution is 9.10. The molecular weight excluding hydrogens is 258 g/mol. The molecule has 1 aromatic rings. The average molecular weight is 270 g/mol. The highest BCUT2D eigenvalue weighted by atomic mass is 79.9. The number of anilines is 1. The van der Waals surface area contributed by atoms with Crippen molar-refractivity contribution in [2.45, 2.75) is 12.3 Å². The number of aliphatic hydroxyl groups excluding tert-OH is 1. The molecule has 1 aliphatic heterocycles. The second-order valence-corrected chi connectivity index (χ2v) is 4.93. The Kier molecular flexibility index (Phi) is 2.35. The first-order valence-corrected chi connectivity index (χ1v) is 5.49. The third-order valence-corrected chi connectivity index (χ3v) is 3.50. The molecule has 0 aromatic heterocycles. The van der Waals surface area contributed by atoms with Gasteiger partial charge in [-0.25, -0.2) is 0 Å². The number of rotatable bonds is 1. The largest absolute Gasteiger partial charge is 0.395 e. The maximum atomic E-state index is 12.0. The van der Waals surface area contributed by atoms with Crippen LogP contribution in [-0.2, 0) is 10.2 Å². The molecule has 1 amide bonds. The number of aliphatic hydroxyl groups is 1. The number of fused-ring (bicyclic) bond motifs is 1. The van der Waals surface area contributed by atoms with Crippen molar-refractivity contribution in [3.8, 4) is 0 Å². The Balaban J connectivity index is 2.67. The summed E-state index contributed by atoms with van der Waals surface area (Å²) in [5, 5.41) is 9.39. The number of carbonyl (C=O) groups excluding carboxylic acids is 1. The van der Waals surface area contributed by atoms with E-state index in [0.29, 0.717) is 0 Å². The van der Waals surface area contributed by atoms with Crippen molar-refractivity contribution in [3.63, 3.8) is 0 Å². The van der Waals surface area contributed by atoms with E-state index < -0.39 is 5.41 Å². The number of nitrogens with zero attached hydrogens (tertiary/aromatic N) is 1. The third-order valence-electron chi connectivity index (χ3n) is 3.01. The smallest absolute Gasteiger partial charge is 0.239 e. The average Bonchev–Trinajstić information content (AvgIpc) is 2.42. The summed E-state index contributed by atoms with van der Waals surface area (Å²) in [5.74, 6) is -0.0573. The summed E-state index contributed by atoms with van der Waals surface area (Å²) >= 11 is 3.37. The van der Waals surface area contributed by atoms with Crippen molar-refractivity contribution >= 4 is 27.5 Å². The lowest BCUT2D eigenvalue weighted by Crippen LogP contribution is -2.38. The van der Waals surface area contributed by atoms with Gasteiger partial charge in [0, 0.05) is 17.2 Å². The van der Waals surface area contributed by atoms with E-state index >= 15 is 0 Å². The van der Waals surface area contributed by atoms with Crippen LogP contribution in [0, 0.1) is 0 Å². The normalized spacial score (nSPS) is 24.5. The van der Waals surface area contributed by atoms with Gasteiger partial charge in [-0.05, 0) is 30.7 Å². The Hall–Kier alpha value is -0.870. The van der Waals surface area contributed by atoms with E-state index in [1.165, 1.54) is 0 Å². The van der Waals surface area contributed by atoms with Crippen molar-refractivity contribution in [2.75, 3.05) is 18.6 Å². The van der Waals surface area contributed by atoms with Crippen LogP contribution in [0.4, 0.5) is 5.69 Å². The molecule has 0 saturated carbocycles. The summed E-state index contributed by atoms with van der Waals surface area (Å²) in [6.45, 7) is 1.60. The quantitative estimate of drug-likeness (QED) is 0.843. The van der Waals surface area contributed by atoms with E-state index in [0.717, 1.165) is 15.7 Å². The molecule has 0 radical (unpaired) electrons. The lowest BCUT2D eigenvalue weighted by Gasteiger charge is -2.19. The summed E-state index contributed by atoms with van der Waals surface area (Å²) in [6.07, 6.45) is 0. The maximum Gasteiger partial charge on any atom is 0.239 e. The number of hydrogen-bond donors (Lipinski definition) is 1. The van der Waals surface area contributed by atoms with E-state index in [1.807, 2.05) is 18.2 Å². The number of carbonyl (C=O) groups is 1. The summed E-state index contributed by atoms with van der Waals surface area (Å²) in [7, 11) is 1.73. The van der Waals surface area contributed by atoms with Crippen molar-refractivity contribution in [1.82, 2.24) is 0 Å². The van der Waals surface area contributed by atoms with Crippen LogP contribution >= 0.6 is 15.9 Å². The monoisotopic (exact) mass is 269 g/mol. The topological polar surface area (TPSA) is 40.5 Å². The first-order chi connectivity index (χ1) is 7.00. The van der Waals surface area contributed by atoms with E-state index in [2.05, 4.69) is 15.9 Å². The fourth-order valence-corrected chi connectivity index (χ4v) is 2.35. The predicted octanol–water partition coefficient (Wildman–Crippen LogP) is 1.68. The minimum absolute atomic E-state index is 0.0573. The van der Waals surface area contributed by atoms with Crippen LogP contribution in [0.3, 0.4) is 0 Å². The number of halogens is 1. The standard InChI is InChI=1S/C11H12BrNO2/c1-11(6-14)8-5-7(12)3-4-9(8)13(2)10(11)15/h3-5,14H,6H2,1-2H3. The van der Waals surface area contributed by atoms with Gasteiger partial charge in [-0.15, -0.1) is 0 Å². The molecule has 15 heavy (non-hydrogen) atoms. The fraction of sp³-hybridized carbons (Fsp3) is 0.364. The van der Waals surface area contributed by atoms with Crippen molar-refractivity contribution in [3.05, 3.63) is 28.2 Å². The molecule has 1 atom stereocenters. The van der Waals surface area contributed by atoms with Gasteiger partial charge in [-0.1, -0.05) is 15.9 Å². The molecule has 0 fully saturated rings. The van der Waals surface area contributed by atoms with Crippen molar-refractivity contribution in [1.29, 1.82) is 0 Å². The summed E-state index contributed by atoms with van der Waals surface area (Å²) in [4.78, 5) is 13.6. The Bertz CT molecular complexity index is 433. The van der Waals surface area contributed by atoms with E-state index in [1.54, 1.807) is 18.9 Å². The number of hydrogen-bond acceptors (Lipinski definition) is 2. The van der Waals surface area contributed by atoms with Gasteiger partial charge >= 0.3 is 0 Å². The highest BCUT2D eigenvalue weighted by Gasteiger charge is 2.45. The molecule has 1 aliphatic rings. The minimum atomic E-state index is -0.798. The minimum Gasteiger partial charge on any atom is -0.395 e. The zero-order valence-electron chi connectivity index (χ0n) is 8.62. The molecule has 1 aromatic carbocycles. The lowest BCUT2D eigenvalue weighted by atomic mass is 9.85. The second-order valence-electron chi connectivity index (χ2n) is 4.02. The van der Waals surface area contributed by atoms with Gasteiger partial charge in [0.1, 0.15) is 0 Å². The molecule has 0 spiro atoms. The second kappa shape index (κ2) is 3.32. The molecule has 2 rings (SSSR count). The van der Waals surface area contributed by atoms with Crippen LogP contribution in [-0.4, -0.2) is 24.7 Å². The van der Waals surface area contributed by atoms with Gasteiger partial charge in [-0.2, -0.15) is 0 Å². The molecular formula is C11H12BrNO2. The Morgan fingerprint density at radius 2 is 2.20 bits per heavy atom. The fourth-order valence-electron chi connectivity index (χ4n) is 1.99. The third kappa shape index (κ3) is 1.32. The predicted molar refractivity (Wildman–Crippen MR) is 62.0 cm³/mol. The van der Waals surface area contributed by atoms with E-state index in [4.69, 9.17) is 0 Å². The van der Waals surface area contributed by atoms with Gasteiger partial charge in [0.05, 0.1) is 12.0 Å². The summed E-state index contributed by atoms with van der Waals surface area (Å²) in [5.41, 5.74) is 0.958. The van der Waals surface area contributed by atoms with Gasteiger partial charge in [0.2, 0.25) is 5.91 Å². The first-order valence-electron chi connectivity index (χ1n) is 4.70. The zero-order chi connectivity index (χ0) is 11.2. The number of likely N-dealkylation sites (N-methyl/N-ethyl adjacent to an activating group) is 1. The van der Waals surface area contributed by atoms with Gasteiger partial charge < -0.3 is 10.0 Å². The van der Waals surface area contributed by atoms with Crippen molar-refractivity contribution in [2.24, 2.45) is 0 Å². The van der Waals surface area contributed by atoms with Gasteiger partial charge in [-0.3, -0.25) is 4.79 Å². The Labute approximate surface area is 96.8 Å². The van der Waals surface area contributed by atoms with Crippen LogP contribution in [0.15, 0.2) is 22.7 Å². The van der Waals surface area contributed by atoms with Crippen molar-refractivity contribution < 1.29 is 9.90 Å². The molecule has 3 nitrogen and oxygen atoms in total. The number of benzene rings is 1. The Morgan fingerprint density at radius 3 is 2.80 bits per heavy atom. The zero-order valence-corrected chi connectivity index (χ0v) is 10.2. The molecule has 0 bridgehead atoms. The van der Waals surface area contributed by atoms with Crippen LogP contribution in [0.2, 0.25) is 0 Å². The molecule has 80 valence electrons. The summed E-state index contributed by atoms with van der Waals surface area (Å²) in [6, 6.07) is 5.68. The molecule has 0 saturated heterocycles. The Morgan fingerprint density at radius 1 is 1.53 bits per heavy atom. The van der Waals surface area contributed by atoms with Crippen LogP contribution in [0.1, 0.15) is 12.5 Å². The SMILES string of the molecule is CN1C(=O)C(C)(CO)c2cc(Br)ccc21. The highest BCUT2D eigenvalue weighted by Crippen LogP contribution is 2.41. The number of amides is 1.